The monoisotopic (exact) mass is 389 g/mol. The van der Waals surface area contributed by atoms with Gasteiger partial charge in [-0.05, 0) is 24.6 Å². The predicted octanol–water partition coefficient (Wildman–Crippen LogP) is 4.81. The summed E-state index contributed by atoms with van der Waals surface area (Å²) in [5, 5.41) is 0. The number of halogens is 4. The molecule has 124 valence electrons. The van der Waals surface area contributed by atoms with Crippen LogP contribution in [0.1, 0.15) is 18.9 Å². The van der Waals surface area contributed by atoms with E-state index in [-0.39, 0.29) is 12.6 Å². The first kappa shape index (κ1) is 17.5. The van der Waals surface area contributed by atoms with Gasteiger partial charge in [-0.1, -0.05) is 28.9 Å². The number of anilines is 2. The topological polar surface area (TPSA) is 38.2 Å². The number of hydrogen-bond donors (Lipinski definition) is 0. The van der Waals surface area contributed by atoms with E-state index in [1.165, 1.54) is 0 Å². The molecule has 0 N–H and O–H groups in total. The highest BCUT2D eigenvalue weighted by molar-refractivity contribution is 9.10. The van der Waals surface area contributed by atoms with Crippen molar-refractivity contribution in [3.8, 4) is 5.88 Å². The molecule has 0 fully saturated rings. The minimum atomic E-state index is -4.56. The van der Waals surface area contributed by atoms with Gasteiger partial charge in [-0.3, -0.25) is 0 Å². The molecule has 0 amide bonds. The van der Waals surface area contributed by atoms with E-state index in [0.29, 0.717) is 6.42 Å². The van der Waals surface area contributed by atoms with E-state index in [9.17, 15) is 13.2 Å². The number of alkyl halides is 3. The molecule has 0 atom stereocenters. The second-order valence-corrected chi connectivity index (χ2v) is 5.69. The van der Waals surface area contributed by atoms with Crippen molar-refractivity contribution in [1.29, 1.82) is 0 Å². The molecule has 0 aliphatic rings. The highest BCUT2D eigenvalue weighted by Crippen LogP contribution is 2.36. The fraction of sp³-hybridized carbons (Fsp3) is 0.333. The van der Waals surface area contributed by atoms with Crippen LogP contribution in [0.15, 0.2) is 34.9 Å². The Bertz CT molecular complexity index is 679. The summed E-state index contributed by atoms with van der Waals surface area (Å²) < 4.78 is 45.0. The Kier molecular flexibility index (Phi) is 5.46. The average Bonchev–Trinajstić information content (AvgIpc) is 2.51. The smallest absolute Gasteiger partial charge is 0.423 e. The minimum Gasteiger partial charge on any atom is -0.477 e. The first-order valence-corrected chi connectivity index (χ1v) is 7.68. The standard InChI is InChI=1S/C15H15BrF3N3O/c1-3-7-23-13-12(15(17,18)19)9-20-14(21-13)22(2)11-6-4-5-10(16)8-11/h4-6,8-9H,3,7H2,1-2H3. The second kappa shape index (κ2) is 7.16. The van der Waals surface area contributed by atoms with Gasteiger partial charge >= 0.3 is 6.18 Å². The van der Waals surface area contributed by atoms with Crippen molar-refractivity contribution >= 4 is 27.6 Å². The average molecular weight is 390 g/mol. The van der Waals surface area contributed by atoms with Crippen LogP contribution >= 0.6 is 15.9 Å². The summed E-state index contributed by atoms with van der Waals surface area (Å²) in [4.78, 5) is 9.35. The Morgan fingerprint density at radius 2 is 2.04 bits per heavy atom. The van der Waals surface area contributed by atoms with Gasteiger partial charge < -0.3 is 9.64 Å². The second-order valence-electron chi connectivity index (χ2n) is 4.77. The molecule has 1 aromatic carbocycles. The first-order valence-electron chi connectivity index (χ1n) is 6.89. The molecule has 0 aliphatic carbocycles. The number of nitrogens with zero attached hydrogens (tertiary/aromatic N) is 3. The maximum Gasteiger partial charge on any atom is 0.423 e. The molecule has 0 saturated carbocycles. The van der Waals surface area contributed by atoms with E-state index in [2.05, 4.69) is 25.9 Å². The van der Waals surface area contributed by atoms with Crippen LogP contribution in [0.4, 0.5) is 24.8 Å². The molecule has 0 bridgehead atoms. The van der Waals surface area contributed by atoms with Gasteiger partial charge in [0.05, 0.1) is 6.61 Å². The van der Waals surface area contributed by atoms with Crippen molar-refractivity contribution in [2.24, 2.45) is 0 Å². The van der Waals surface area contributed by atoms with Gasteiger partial charge in [-0.25, -0.2) is 4.98 Å². The SMILES string of the molecule is CCCOc1nc(N(C)c2cccc(Br)c2)ncc1C(F)(F)F. The van der Waals surface area contributed by atoms with Gasteiger partial charge in [0.1, 0.15) is 5.56 Å². The molecule has 0 spiro atoms. The molecule has 4 nitrogen and oxygen atoms in total. The minimum absolute atomic E-state index is 0.127. The molecule has 1 heterocycles. The summed E-state index contributed by atoms with van der Waals surface area (Å²) in [6.07, 6.45) is -3.23. The van der Waals surface area contributed by atoms with Crippen LogP contribution in [0.3, 0.4) is 0 Å². The quantitative estimate of drug-likeness (QED) is 0.734. The fourth-order valence-corrected chi connectivity index (χ4v) is 2.21. The lowest BCUT2D eigenvalue weighted by Gasteiger charge is -2.19. The molecule has 0 saturated heterocycles. The number of rotatable bonds is 5. The Labute approximate surface area is 140 Å². The molecular formula is C15H15BrF3N3O. The van der Waals surface area contributed by atoms with E-state index >= 15 is 0 Å². The zero-order chi connectivity index (χ0) is 17.0. The molecule has 2 rings (SSSR count). The van der Waals surface area contributed by atoms with Crippen LogP contribution in [0.5, 0.6) is 5.88 Å². The zero-order valence-corrected chi connectivity index (χ0v) is 14.1. The predicted molar refractivity (Wildman–Crippen MR) is 85.0 cm³/mol. The molecule has 1 aromatic heterocycles. The third-order valence-electron chi connectivity index (χ3n) is 2.98. The van der Waals surface area contributed by atoms with Crippen molar-refractivity contribution in [3.05, 3.63) is 40.5 Å². The summed E-state index contributed by atoms with van der Waals surface area (Å²) in [6.45, 7) is 1.96. The van der Waals surface area contributed by atoms with Crippen LogP contribution in [0.25, 0.3) is 0 Å². The highest BCUT2D eigenvalue weighted by atomic mass is 79.9. The maximum absolute atomic E-state index is 13.0. The van der Waals surface area contributed by atoms with Gasteiger partial charge in [-0.2, -0.15) is 18.2 Å². The van der Waals surface area contributed by atoms with E-state index in [1.807, 2.05) is 25.1 Å². The Hall–Kier alpha value is -1.83. The van der Waals surface area contributed by atoms with Crippen molar-refractivity contribution < 1.29 is 17.9 Å². The summed E-state index contributed by atoms with van der Waals surface area (Å²) >= 11 is 3.35. The molecule has 0 radical (unpaired) electrons. The van der Waals surface area contributed by atoms with Crippen LogP contribution in [0.2, 0.25) is 0 Å². The van der Waals surface area contributed by atoms with Crippen LogP contribution in [-0.4, -0.2) is 23.6 Å². The van der Waals surface area contributed by atoms with Crippen molar-refractivity contribution in [2.75, 3.05) is 18.6 Å². The van der Waals surface area contributed by atoms with E-state index < -0.39 is 17.6 Å². The summed E-state index contributed by atoms with van der Waals surface area (Å²) in [5.41, 5.74) is -0.238. The van der Waals surface area contributed by atoms with Gasteiger partial charge in [0.25, 0.3) is 0 Å². The lowest BCUT2D eigenvalue weighted by Crippen LogP contribution is -2.17. The summed E-state index contributed by atoms with van der Waals surface area (Å²) in [5.74, 6) is -0.326. The van der Waals surface area contributed by atoms with Crippen LogP contribution < -0.4 is 9.64 Å². The molecule has 8 heteroatoms. The van der Waals surface area contributed by atoms with Crippen LogP contribution in [0, 0.1) is 0 Å². The van der Waals surface area contributed by atoms with Crippen molar-refractivity contribution in [1.82, 2.24) is 9.97 Å². The lowest BCUT2D eigenvalue weighted by molar-refractivity contribution is -0.139. The molecule has 0 unspecified atom stereocenters. The number of hydrogen-bond acceptors (Lipinski definition) is 4. The Morgan fingerprint density at radius 3 is 2.65 bits per heavy atom. The lowest BCUT2D eigenvalue weighted by atomic mass is 10.3. The van der Waals surface area contributed by atoms with Crippen molar-refractivity contribution in [2.45, 2.75) is 19.5 Å². The number of benzene rings is 1. The van der Waals surface area contributed by atoms with Gasteiger partial charge in [0.15, 0.2) is 0 Å². The molecular weight excluding hydrogens is 375 g/mol. The Balaban J connectivity index is 2.39. The number of ether oxygens (including phenoxy) is 1. The molecule has 2 aromatic rings. The zero-order valence-electron chi connectivity index (χ0n) is 12.6. The molecule has 0 aliphatic heterocycles. The van der Waals surface area contributed by atoms with E-state index in [4.69, 9.17) is 4.74 Å². The fourth-order valence-electron chi connectivity index (χ4n) is 1.82. The van der Waals surface area contributed by atoms with E-state index in [0.717, 1.165) is 16.4 Å². The third kappa shape index (κ3) is 4.34. The maximum atomic E-state index is 13.0. The third-order valence-corrected chi connectivity index (χ3v) is 3.48. The molecule has 23 heavy (non-hydrogen) atoms. The summed E-state index contributed by atoms with van der Waals surface area (Å²) in [6, 6.07) is 7.28. The number of aromatic nitrogens is 2. The van der Waals surface area contributed by atoms with Gasteiger partial charge in [-0.15, -0.1) is 0 Å². The first-order chi connectivity index (χ1) is 10.8. The van der Waals surface area contributed by atoms with Gasteiger partial charge in [0.2, 0.25) is 11.8 Å². The summed E-state index contributed by atoms with van der Waals surface area (Å²) in [7, 11) is 1.67. The van der Waals surface area contributed by atoms with Gasteiger partial charge in [0, 0.05) is 23.4 Å². The van der Waals surface area contributed by atoms with Crippen molar-refractivity contribution in [3.63, 3.8) is 0 Å². The Morgan fingerprint density at radius 1 is 1.30 bits per heavy atom. The largest absolute Gasteiger partial charge is 0.477 e. The van der Waals surface area contributed by atoms with E-state index in [1.54, 1.807) is 18.0 Å². The highest BCUT2D eigenvalue weighted by Gasteiger charge is 2.36. The normalized spacial score (nSPS) is 11.4. The van der Waals surface area contributed by atoms with Crippen LogP contribution in [-0.2, 0) is 6.18 Å².